The highest BCUT2D eigenvalue weighted by Gasteiger charge is 2.48. The van der Waals surface area contributed by atoms with Gasteiger partial charge >= 0.3 is 12.3 Å². The maximum absolute atomic E-state index is 13.7. The number of benzene rings is 2. The van der Waals surface area contributed by atoms with Crippen LogP contribution in [0.1, 0.15) is 70.2 Å². The van der Waals surface area contributed by atoms with Crippen LogP contribution in [0.3, 0.4) is 0 Å². The van der Waals surface area contributed by atoms with Crippen LogP contribution in [0.2, 0.25) is 0 Å². The van der Waals surface area contributed by atoms with Gasteiger partial charge in [-0.3, -0.25) is 4.90 Å². The van der Waals surface area contributed by atoms with Gasteiger partial charge in [0.1, 0.15) is 11.4 Å². The smallest absolute Gasteiger partial charge is 0.410 e. The summed E-state index contributed by atoms with van der Waals surface area (Å²) in [7, 11) is 1.50. The van der Waals surface area contributed by atoms with Gasteiger partial charge in [0, 0.05) is 24.7 Å². The van der Waals surface area contributed by atoms with E-state index in [1.54, 1.807) is 17.0 Å². The molecule has 0 bridgehead atoms. The average molecular weight is 507 g/mol. The Kier molecular flexibility index (Phi) is 8.28. The molecule has 1 heterocycles. The van der Waals surface area contributed by atoms with Crippen molar-refractivity contribution in [1.82, 2.24) is 10.2 Å². The van der Waals surface area contributed by atoms with Crippen LogP contribution in [-0.4, -0.2) is 42.5 Å². The highest BCUT2D eigenvalue weighted by atomic mass is 19.4. The molecule has 5 nitrogen and oxygen atoms in total. The predicted octanol–water partition coefficient (Wildman–Crippen LogP) is 6.77. The first kappa shape index (κ1) is 27.8. The van der Waals surface area contributed by atoms with Crippen molar-refractivity contribution in [2.75, 3.05) is 13.7 Å². The van der Waals surface area contributed by atoms with E-state index in [4.69, 9.17) is 9.47 Å². The minimum atomic E-state index is -4.39. The van der Waals surface area contributed by atoms with E-state index in [1.807, 2.05) is 51.1 Å². The second-order valence-electron chi connectivity index (χ2n) is 10.8. The van der Waals surface area contributed by atoms with Crippen LogP contribution in [-0.2, 0) is 16.7 Å². The predicted molar refractivity (Wildman–Crippen MR) is 134 cm³/mol. The third-order valence-corrected chi connectivity index (χ3v) is 6.67. The highest BCUT2D eigenvalue weighted by molar-refractivity contribution is 5.69. The number of piperidine rings is 1. The van der Waals surface area contributed by atoms with Crippen molar-refractivity contribution in [2.45, 2.75) is 83.3 Å². The van der Waals surface area contributed by atoms with E-state index in [0.29, 0.717) is 24.4 Å². The van der Waals surface area contributed by atoms with E-state index in [0.717, 1.165) is 18.4 Å². The minimum Gasteiger partial charge on any atom is -0.496 e. The summed E-state index contributed by atoms with van der Waals surface area (Å²) in [5, 5.41) is 3.52. The molecule has 0 saturated carbocycles. The minimum absolute atomic E-state index is 0.127. The van der Waals surface area contributed by atoms with Crippen LogP contribution in [0.15, 0.2) is 48.5 Å². The van der Waals surface area contributed by atoms with Gasteiger partial charge in [0.25, 0.3) is 0 Å². The Morgan fingerprint density at radius 2 is 1.72 bits per heavy atom. The SMILES string of the molecule is COc1ccc(C(C)(C)C(F)(F)F)cc1CN[C@H]1CCCN(C(=O)OC(C)(C)C)[C@H]1c1ccccc1. The zero-order valence-corrected chi connectivity index (χ0v) is 21.9. The summed E-state index contributed by atoms with van der Waals surface area (Å²) in [6.45, 7) is 8.72. The number of rotatable bonds is 6. The van der Waals surface area contributed by atoms with Gasteiger partial charge < -0.3 is 14.8 Å². The fourth-order valence-electron chi connectivity index (χ4n) is 4.51. The zero-order valence-electron chi connectivity index (χ0n) is 21.9. The van der Waals surface area contributed by atoms with Crippen LogP contribution >= 0.6 is 0 Å². The number of nitrogens with one attached hydrogen (secondary N) is 1. The zero-order chi connectivity index (χ0) is 26.7. The number of halogens is 3. The molecule has 0 unspecified atom stereocenters. The van der Waals surface area contributed by atoms with Crippen molar-refractivity contribution in [3.05, 3.63) is 65.2 Å². The van der Waals surface area contributed by atoms with Crippen molar-refractivity contribution in [3.63, 3.8) is 0 Å². The molecular weight excluding hydrogens is 469 g/mol. The van der Waals surface area contributed by atoms with Crippen LogP contribution in [0, 0.1) is 0 Å². The second-order valence-corrected chi connectivity index (χ2v) is 10.8. The third-order valence-electron chi connectivity index (χ3n) is 6.67. The Balaban J connectivity index is 1.90. The molecule has 1 N–H and O–H groups in total. The second kappa shape index (κ2) is 10.7. The van der Waals surface area contributed by atoms with Crippen molar-refractivity contribution in [2.24, 2.45) is 0 Å². The maximum Gasteiger partial charge on any atom is 0.410 e. The van der Waals surface area contributed by atoms with Crippen LogP contribution < -0.4 is 10.1 Å². The van der Waals surface area contributed by atoms with Gasteiger partial charge in [-0.25, -0.2) is 4.79 Å². The molecule has 1 fully saturated rings. The summed E-state index contributed by atoms with van der Waals surface area (Å²) in [5.74, 6) is 0.514. The van der Waals surface area contributed by atoms with Gasteiger partial charge in [0.05, 0.1) is 18.6 Å². The third kappa shape index (κ3) is 6.33. The number of hydrogen-bond acceptors (Lipinski definition) is 4. The molecule has 1 saturated heterocycles. The standard InChI is InChI=1S/C28H37F3N2O3/c1-26(2,3)36-25(34)33-16-10-13-22(24(33)19-11-8-7-9-12-19)32-18-20-17-21(14-15-23(20)35-6)27(4,5)28(29,30)31/h7-9,11-12,14-15,17,22,24,32H,10,13,16,18H2,1-6H3/t22-,24-/m0/s1. The van der Waals surface area contributed by atoms with E-state index >= 15 is 0 Å². The molecule has 1 amide bonds. The molecule has 3 rings (SSSR count). The molecule has 2 aromatic carbocycles. The first-order valence-electron chi connectivity index (χ1n) is 12.3. The number of likely N-dealkylation sites (tertiary alicyclic amines) is 1. The Bertz CT molecular complexity index is 1030. The summed E-state index contributed by atoms with van der Waals surface area (Å²) in [6.07, 6.45) is -3.19. The maximum atomic E-state index is 13.7. The molecule has 0 radical (unpaired) electrons. The topological polar surface area (TPSA) is 50.8 Å². The van der Waals surface area contributed by atoms with E-state index in [1.165, 1.54) is 27.0 Å². The molecule has 2 atom stereocenters. The lowest BCUT2D eigenvalue weighted by molar-refractivity contribution is -0.180. The molecule has 2 aromatic rings. The van der Waals surface area contributed by atoms with Gasteiger partial charge in [-0.15, -0.1) is 0 Å². The fraction of sp³-hybridized carbons (Fsp3) is 0.536. The van der Waals surface area contributed by atoms with E-state index in [9.17, 15) is 18.0 Å². The van der Waals surface area contributed by atoms with Crippen molar-refractivity contribution < 1.29 is 27.4 Å². The lowest BCUT2D eigenvalue weighted by atomic mass is 9.83. The average Bonchev–Trinajstić information content (AvgIpc) is 2.81. The number of methoxy groups -OCH3 is 1. The highest BCUT2D eigenvalue weighted by Crippen LogP contribution is 2.41. The monoisotopic (exact) mass is 506 g/mol. The van der Waals surface area contributed by atoms with E-state index in [2.05, 4.69) is 5.32 Å². The summed E-state index contributed by atoms with van der Waals surface area (Å²) in [5.41, 5.74) is -0.851. The first-order valence-corrected chi connectivity index (χ1v) is 12.3. The molecule has 1 aliphatic rings. The molecule has 36 heavy (non-hydrogen) atoms. The van der Waals surface area contributed by atoms with Crippen LogP contribution in [0.25, 0.3) is 0 Å². The Labute approximate surface area is 212 Å². The summed E-state index contributed by atoms with van der Waals surface area (Å²) in [6, 6.07) is 13.9. The largest absolute Gasteiger partial charge is 0.496 e. The van der Waals surface area contributed by atoms with Crippen LogP contribution in [0.5, 0.6) is 5.75 Å². The normalized spacial score (nSPS) is 19.2. The number of carbonyl (C=O) groups excluding carboxylic acids is 1. The number of alkyl halides is 3. The molecule has 0 aromatic heterocycles. The Morgan fingerprint density at radius 1 is 1.06 bits per heavy atom. The van der Waals surface area contributed by atoms with E-state index in [-0.39, 0.29) is 23.7 Å². The summed E-state index contributed by atoms with van der Waals surface area (Å²) in [4.78, 5) is 14.9. The number of ether oxygens (including phenoxy) is 2. The number of hydrogen-bond donors (Lipinski definition) is 1. The van der Waals surface area contributed by atoms with Gasteiger partial charge in [0.15, 0.2) is 0 Å². The van der Waals surface area contributed by atoms with Crippen molar-refractivity contribution >= 4 is 6.09 Å². The number of nitrogens with zero attached hydrogens (tertiary/aromatic N) is 1. The summed E-state index contributed by atoms with van der Waals surface area (Å²) < 4.78 is 52.2. The van der Waals surface area contributed by atoms with Gasteiger partial charge in [-0.1, -0.05) is 36.4 Å². The lowest BCUT2D eigenvalue weighted by Crippen LogP contribution is -2.51. The van der Waals surface area contributed by atoms with Crippen molar-refractivity contribution in [3.8, 4) is 5.75 Å². The number of carbonyl (C=O) groups is 1. The molecule has 198 valence electrons. The van der Waals surface area contributed by atoms with E-state index < -0.39 is 17.2 Å². The quantitative estimate of drug-likeness (QED) is 0.470. The van der Waals surface area contributed by atoms with Gasteiger partial charge in [0.2, 0.25) is 0 Å². The van der Waals surface area contributed by atoms with Crippen molar-refractivity contribution in [1.29, 1.82) is 0 Å². The lowest BCUT2D eigenvalue weighted by Gasteiger charge is -2.42. The molecule has 0 aliphatic carbocycles. The molecule has 8 heteroatoms. The summed E-state index contributed by atoms with van der Waals surface area (Å²) >= 11 is 0. The molecule has 0 spiro atoms. The Morgan fingerprint density at radius 3 is 2.31 bits per heavy atom. The fourth-order valence-corrected chi connectivity index (χ4v) is 4.51. The Hall–Kier alpha value is -2.74. The molecule has 1 aliphatic heterocycles. The van der Waals surface area contributed by atoms with Crippen LogP contribution in [0.4, 0.5) is 18.0 Å². The first-order chi connectivity index (χ1) is 16.7. The van der Waals surface area contributed by atoms with Gasteiger partial charge in [-0.05, 0) is 70.7 Å². The van der Waals surface area contributed by atoms with Gasteiger partial charge in [-0.2, -0.15) is 13.2 Å². The number of amides is 1. The molecular formula is C28H37F3N2O3.